The third kappa shape index (κ3) is 5.97. The Morgan fingerprint density at radius 2 is 1.59 bits per heavy atom. The van der Waals surface area contributed by atoms with E-state index in [4.69, 9.17) is 41.9 Å². The molecule has 3 aliphatic rings. The fourth-order valence-corrected chi connectivity index (χ4v) is 4.69. The zero-order chi connectivity index (χ0) is 22.9. The number of hydrogen-bond donors (Lipinski definition) is 8. The maximum Gasteiger partial charge on any atom is 0.185 e. The molecule has 0 aromatic rings. The maximum atomic E-state index is 11.0. The second-order valence-electron chi connectivity index (χ2n) is 9.15. The van der Waals surface area contributed by atoms with Crippen molar-refractivity contribution in [2.24, 2.45) is 22.9 Å². The molecule has 3 rings (SSSR count). The van der Waals surface area contributed by atoms with Crippen LogP contribution in [-0.2, 0) is 18.9 Å². The van der Waals surface area contributed by atoms with Crippen LogP contribution < -0.4 is 28.3 Å². The van der Waals surface area contributed by atoms with Crippen LogP contribution in [0.1, 0.15) is 26.2 Å². The molecule has 0 aromatic heterocycles. The predicted octanol–water partition coefficient (Wildman–Crippen LogP) is -3.40. The molecule has 2 saturated heterocycles. The van der Waals surface area contributed by atoms with Crippen LogP contribution in [0.15, 0.2) is 0 Å². The molecule has 190 valence electrons. The van der Waals surface area contributed by atoms with Crippen molar-refractivity contribution >= 4 is 17.0 Å². The van der Waals surface area contributed by atoms with Gasteiger partial charge >= 0.3 is 0 Å². The highest BCUT2D eigenvalue weighted by Crippen LogP contribution is 2.31. The molecule has 0 bridgehead atoms. The number of rotatable bonds is 6. The van der Waals surface area contributed by atoms with Crippen LogP contribution in [0, 0.1) is 0 Å². The highest BCUT2D eigenvalue weighted by Gasteiger charge is 2.50. The van der Waals surface area contributed by atoms with Gasteiger partial charge in [0.2, 0.25) is 0 Å². The van der Waals surface area contributed by atoms with Gasteiger partial charge in [0.1, 0.15) is 30.0 Å². The van der Waals surface area contributed by atoms with Crippen molar-refractivity contribution in [3.63, 3.8) is 0 Å². The Balaban J connectivity index is 0.00000363. The summed E-state index contributed by atoms with van der Waals surface area (Å²) in [7, 11) is 1.62. The van der Waals surface area contributed by atoms with Crippen LogP contribution in [-0.4, -0.2) is 108 Å². The number of aliphatic hydroxyl groups excluding tert-OH is 2. The molecule has 2 heterocycles. The number of halogens is 1. The van der Waals surface area contributed by atoms with E-state index in [-0.39, 0.29) is 35.7 Å². The molecule has 0 aromatic carbocycles. The first-order valence-electron chi connectivity index (χ1n) is 10.9. The molecule has 12 N–H and O–H groups in total. The molecule has 0 radical (unpaired) electrons. The maximum absolute atomic E-state index is 11.0. The summed E-state index contributed by atoms with van der Waals surface area (Å²) in [6, 6.07) is -2.26. The van der Waals surface area contributed by atoms with Crippen LogP contribution in [0.4, 0.5) is 0 Å². The van der Waals surface area contributed by atoms with Gasteiger partial charge in [0, 0.05) is 18.6 Å². The summed E-state index contributed by atoms with van der Waals surface area (Å²) in [6.45, 7) is 1.83. The fourth-order valence-electron chi connectivity index (χ4n) is 4.69. The van der Waals surface area contributed by atoms with Gasteiger partial charge < -0.3 is 62.5 Å². The van der Waals surface area contributed by atoms with Crippen molar-refractivity contribution in [3.05, 3.63) is 0 Å². The lowest BCUT2D eigenvalue weighted by molar-refractivity contribution is -0.306. The van der Waals surface area contributed by atoms with Crippen molar-refractivity contribution in [3.8, 4) is 0 Å². The number of ether oxygens (including phenoxy) is 4. The molecule has 2 aliphatic heterocycles. The quantitative estimate of drug-likeness (QED) is 0.169. The van der Waals surface area contributed by atoms with Crippen molar-refractivity contribution in [1.29, 1.82) is 0 Å². The third-order valence-electron chi connectivity index (χ3n) is 6.55. The van der Waals surface area contributed by atoms with E-state index in [1.54, 1.807) is 14.0 Å². The average Bonchev–Trinajstić information content (AvgIpc) is 2.71. The van der Waals surface area contributed by atoms with Gasteiger partial charge in [-0.15, -0.1) is 17.0 Å². The monoisotopic (exact) mass is 529 g/mol. The Kier molecular flexibility index (Phi) is 10.3. The summed E-state index contributed by atoms with van der Waals surface area (Å²) < 4.78 is 23.3. The molecule has 1 saturated carbocycles. The molecule has 12 nitrogen and oxygen atoms in total. The summed E-state index contributed by atoms with van der Waals surface area (Å²) in [5, 5.41) is 34.9. The summed E-state index contributed by atoms with van der Waals surface area (Å²) in [6.07, 6.45) is -4.48. The zero-order valence-electron chi connectivity index (χ0n) is 18.6. The van der Waals surface area contributed by atoms with E-state index < -0.39 is 60.7 Å². The van der Waals surface area contributed by atoms with Gasteiger partial charge in [-0.1, -0.05) is 0 Å². The van der Waals surface area contributed by atoms with Gasteiger partial charge in [0.25, 0.3) is 0 Å². The van der Waals surface area contributed by atoms with E-state index in [1.165, 1.54) is 0 Å². The second-order valence-corrected chi connectivity index (χ2v) is 9.15. The summed E-state index contributed by atoms with van der Waals surface area (Å²) in [4.78, 5) is 0. The van der Waals surface area contributed by atoms with Crippen molar-refractivity contribution < 1.29 is 34.3 Å². The molecule has 12 atom stereocenters. The molecule has 3 fully saturated rings. The first kappa shape index (κ1) is 28.2. The predicted molar refractivity (Wildman–Crippen MR) is 121 cm³/mol. The largest absolute Gasteiger partial charge is 0.388 e. The van der Waals surface area contributed by atoms with Crippen molar-refractivity contribution in [2.75, 3.05) is 20.2 Å². The molecule has 0 unspecified atom stereocenters. The lowest BCUT2D eigenvalue weighted by atomic mass is 9.84. The van der Waals surface area contributed by atoms with E-state index in [1.807, 2.05) is 0 Å². The third-order valence-corrected chi connectivity index (χ3v) is 6.55. The summed E-state index contributed by atoms with van der Waals surface area (Å²) in [5.41, 5.74) is 23.0. The SMILES string of the molecule is Br.CN[C@H]1[C@H](O)[C@H](O[C@H]2[C@@H](O)[C@@H](O[C@@H]3O[C@@H](CN)CC[C@@H]3N)[C@H](N)C[C@@H]2N)OC[C@@]1(C)O. The first-order chi connectivity index (χ1) is 14.6. The molecule has 1 aliphatic carbocycles. The van der Waals surface area contributed by atoms with E-state index in [2.05, 4.69) is 5.32 Å². The van der Waals surface area contributed by atoms with Gasteiger partial charge in [-0.25, -0.2) is 0 Å². The minimum absolute atomic E-state index is 0. The summed E-state index contributed by atoms with van der Waals surface area (Å²) in [5.74, 6) is 0. The minimum atomic E-state index is -1.29. The Labute approximate surface area is 199 Å². The fraction of sp³-hybridized carbons (Fsp3) is 1.00. The van der Waals surface area contributed by atoms with Crippen molar-refractivity contribution in [1.82, 2.24) is 5.32 Å². The van der Waals surface area contributed by atoms with Crippen LogP contribution in [0.25, 0.3) is 0 Å². The van der Waals surface area contributed by atoms with Crippen LogP contribution in [0.5, 0.6) is 0 Å². The lowest BCUT2D eigenvalue weighted by Crippen LogP contribution is -2.68. The molecular formula is C19H40BrN5O7. The molecule has 13 heteroatoms. The molecule has 0 amide bonds. The highest BCUT2D eigenvalue weighted by atomic mass is 79.9. The van der Waals surface area contributed by atoms with Crippen LogP contribution in [0.3, 0.4) is 0 Å². The standard InChI is InChI=1S/C19H39N5O7.BrH/c1-19(27)7-28-18(13(26)16(19)24-2)31-15-11(23)5-10(22)14(12(15)25)30-17-9(21)4-3-8(6-20)29-17;/h8-18,24-27H,3-7,20-23H2,1-2H3;1H/t8-,9+,10-,11+,12+,13+,14+,15-,16+,17+,18+,19-;/m1./s1. The van der Waals surface area contributed by atoms with Gasteiger partial charge in [-0.3, -0.25) is 0 Å². The Hall–Kier alpha value is 0.0000000000000000416. The number of nitrogens with one attached hydrogen (secondary N) is 1. The van der Waals surface area contributed by atoms with Gasteiger partial charge in [0.15, 0.2) is 12.6 Å². The Morgan fingerprint density at radius 3 is 2.16 bits per heavy atom. The number of hydrogen-bond acceptors (Lipinski definition) is 12. The van der Waals surface area contributed by atoms with E-state index >= 15 is 0 Å². The minimum Gasteiger partial charge on any atom is -0.388 e. The average molecular weight is 530 g/mol. The van der Waals surface area contributed by atoms with Gasteiger partial charge in [-0.05, 0) is 33.2 Å². The number of aliphatic hydroxyl groups is 3. The number of likely N-dealkylation sites (N-methyl/N-ethyl adjacent to an activating group) is 1. The zero-order valence-corrected chi connectivity index (χ0v) is 20.3. The van der Waals surface area contributed by atoms with E-state index in [9.17, 15) is 15.3 Å². The Morgan fingerprint density at radius 1 is 1.00 bits per heavy atom. The summed E-state index contributed by atoms with van der Waals surface area (Å²) >= 11 is 0. The van der Waals surface area contributed by atoms with Gasteiger partial charge in [-0.2, -0.15) is 0 Å². The molecular weight excluding hydrogens is 490 g/mol. The lowest BCUT2D eigenvalue weighted by Gasteiger charge is -2.48. The first-order valence-corrected chi connectivity index (χ1v) is 10.9. The van der Waals surface area contributed by atoms with E-state index in [0.29, 0.717) is 19.4 Å². The molecule has 0 spiro atoms. The molecule has 32 heavy (non-hydrogen) atoms. The van der Waals surface area contributed by atoms with Gasteiger partial charge in [0.05, 0.1) is 24.8 Å². The normalized spacial score (nSPS) is 50.0. The highest BCUT2D eigenvalue weighted by molar-refractivity contribution is 8.93. The topological polar surface area (TPSA) is 214 Å². The Bertz CT molecular complexity index is 594. The van der Waals surface area contributed by atoms with Crippen LogP contribution in [0.2, 0.25) is 0 Å². The van der Waals surface area contributed by atoms with Crippen LogP contribution >= 0.6 is 17.0 Å². The smallest absolute Gasteiger partial charge is 0.185 e. The number of nitrogens with two attached hydrogens (primary N) is 4. The van der Waals surface area contributed by atoms with E-state index in [0.717, 1.165) is 6.42 Å². The van der Waals surface area contributed by atoms with Crippen molar-refractivity contribution in [2.45, 2.75) is 99.1 Å². The second kappa shape index (κ2) is 11.6.